The van der Waals surface area contributed by atoms with E-state index < -0.39 is 17.8 Å². The van der Waals surface area contributed by atoms with Crippen molar-refractivity contribution >= 4 is 74.8 Å². The number of hydrogen-bond acceptors (Lipinski definition) is 5. The predicted molar refractivity (Wildman–Crippen MR) is 149 cm³/mol. The molecule has 1 aliphatic heterocycles. The summed E-state index contributed by atoms with van der Waals surface area (Å²) in [5.41, 5.74) is 2.57. The van der Waals surface area contributed by atoms with Crippen LogP contribution in [0.1, 0.15) is 16.7 Å². The lowest BCUT2D eigenvalue weighted by atomic mass is 10.1. The van der Waals surface area contributed by atoms with Crippen LogP contribution >= 0.6 is 45.2 Å². The maximum Gasteiger partial charge on any atom is 0.335 e. The first kappa shape index (κ1) is 25.2. The van der Waals surface area contributed by atoms with Crippen LogP contribution in [0.5, 0.6) is 11.5 Å². The zero-order valence-electron chi connectivity index (χ0n) is 18.8. The fourth-order valence-electron chi connectivity index (χ4n) is 3.56. The molecule has 0 saturated carbocycles. The SMILES string of the molecule is COc1cc(/C=C2\C(=O)NC(=O)N(c3ccccc3C)C2=O)cc(I)c1OCc1ccc(I)cc1. The quantitative estimate of drug-likeness (QED) is 0.211. The topological polar surface area (TPSA) is 84.9 Å². The van der Waals surface area contributed by atoms with Crippen LogP contribution in [-0.4, -0.2) is 25.0 Å². The Morgan fingerprint density at radius 2 is 1.71 bits per heavy atom. The van der Waals surface area contributed by atoms with E-state index in [4.69, 9.17) is 9.47 Å². The molecule has 0 unspecified atom stereocenters. The molecule has 1 saturated heterocycles. The fourth-order valence-corrected chi connectivity index (χ4v) is 4.70. The molecular weight excluding hydrogens is 674 g/mol. The molecule has 3 aromatic carbocycles. The number of hydrogen-bond donors (Lipinski definition) is 1. The molecule has 178 valence electrons. The Morgan fingerprint density at radius 3 is 2.40 bits per heavy atom. The van der Waals surface area contributed by atoms with Crippen molar-refractivity contribution in [3.8, 4) is 11.5 Å². The largest absolute Gasteiger partial charge is 0.493 e. The van der Waals surface area contributed by atoms with Crippen molar-refractivity contribution in [2.75, 3.05) is 12.0 Å². The fraction of sp³-hybridized carbons (Fsp3) is 0.115. The first-order chi connectivity index (χ1) is 16.8. The lowest BCUT2D eigenvalue weighted by molar-refractivity contribution is -0.122. The van der Waals surface area contributed by atoms with Crippen LogP contribution in [-0.2, 0) is 16.2 Å². The van der Waals surface area contributed by atoms with Gasteiger partial charge in [-0.1, -0.05) is 30.3 Å². The number of barbiturate groups is 1. The Kier molecular flexibility index (Phi) is 7.75. The molecule has 0 atom stereocenters. The number of benzene rings is 3. The predicted octanol–water partition coefficient (Wildman–Crippen LogP) is 5.46. The van der Waals surface area contributed by atoms with E-state index in [1.807, 2.05) is 30.3 Å². The number of ether oxygens (including phenoxy) is 2. The van der Waals surface area contributed by atoms with E-state index in [2.05, 4.69) is 50.5 Å². The van der Waals surface area contributed by atoms with E-state index in [1.165, 1.54) is 13.2 Å². The van der Waals surface area contributed by atoms with Gasteiger partial charge in [-0.05, 0) is 105 Å². The highest BCUT2D eigenvalue weighted by atomic mass is 127. The summed E-state index contributed by atoms with van der Waals surface area (Å²) in [5.74, 6) is -0.423. The summed E-state index contributed by atoms with van der Waals surface area (Å²) in [6.45, 7) is 2.15. The summed E-state index contributed by atoms with van der Waals surface area (Å²) in [4.78, 5) is 39.2. The number of para-hydroxylation sites is 1. The second kappa shape index (κ2) is 10.8. The number of aryl methyl sites for hydroxylation is 1. The number of urea groups is 1. The van der Waals surface area contributed by atoms with Crippen LogP contribution in [0, 0.1) is 14.1 Å². The molecule has 0 aliphatic carbocycles. The zero-order valence-corrected chi connectivity index (χ0v) is 23.1. The van der Waals surface area contributed by atoms with Crippen LogP contribution in [0.4, 0.5) is 10.5 Å². The number of imide groups is 2. The van der Waals surface area contributed by atoms with Gasteiger partial charge in [-0.25, -0.2) is 9.69 Å². The summed E-state index contributed by atoms with van der Waals surface area (Å²) in [6.07, 6.45) is 1.45. The van der Waals surface area contributed by atoms with Crippen molar-refractivity contribution in [2.24, 2.45) is 0 Å². The number of amides is 4. The summed E-state index contributed by atoms with van der Waals surface area (Å²) in [6, 6.07) is 17.7. The highest BCUT2D eigenvalue weighted by Gasteiger charge is 2.37. The minimum Gasteiger partial charge on any atom is -0.493 e. The van der Waals surface area contributed by atoms with E-state index >= 15 is 0 Å². The smallest absolute Gasteiger partial charge is 0.335 e. The normalized spacial score (nSPS) is 14.8. The maximum absolute atomic E-state index is 13.2. The molecule has 0 spiro atoms. The highest BCUT2D eigenvalue weighted by molar-refractivity contribution is 14.1. The highest BCUT2D eigenvalue weighted by Crippen LogP contribution is 2.35. The third kappa shape index (κ3) is 5.50. The Bertz CT molecular complexity index is 1350. The van der Waals surface area contributed by atoms with Gasteiger partial charge in [0, 0.05) is 3.57 Å². The van der Waals surface area contributed by atoms with Crippen molar-refractivity contribution in [1.82, 2.24) is 5.32 Å². The van der Waals surface area contributed by atoms with Crippen LogP contribution in [0.25, 0.3) is 6.08 Å². The molecule has 7 nitrogen and oxygen atoms in total. The average Bonchev–Trinajstić information content (AvgIpc) is 2.83. The second-order valence-corrected chi connectivity index (χ2v) is 10.1. The van der Waals surface area contributed by atoms with Crippen molar-refractivity contribution in [2.45, 2.75) is 13.5 Å². The van der Waals surface area contributed by atoms with Gasteiger partial charge in [0.25, 0.3) is 11.8 Å². The number of nitrogens with one attached hydrogen (secondary N) is 1. The Hall–Kier alpha value is -2.93. The van der Waals surface area contributed by atoms with Gasteiger partial charge in [0.05, 0.1) is 16.4 Å². The Morgan fingerprint density at radius 1 is 1.00 bits per heavy atom. The molecule has 1 N–H and O–H groups in total. The minimum atomic E-state index is -0.780. The molecule has 1 fully saturated rings. The number of halogens is 2. The first-order valence-corrected chi connectivity index (χ1v) is 12.7. The number of anilines is 1. The summed E-state index contributed by atoms with van der Waals surface area (Å²) < 4.78 is 13.4. The second-order valence-electron chi connectivity index (χ2n) is 7.69. The van der Waals surface area contributed by atoms with Crippen LogP contribution in [0.15, 0.2) is 66.2 Å². The van der Waals surface area contributed by atoms with E-state index in [-0.39, 0.29) is 5.57 Å². The molecule has 35 heavy (non-hydrogen) atoms. The summed E-state index contributed by atoms with van der Waals surface area (Å²) in [5, 5.41) is 2.25. The van der Waals surface area contributed by atoms with E-state index in [0.717, 1.165) is 23.2 Å². The Balaban J connectivity index is 1.64. The van der Waals surface area contributed by atoms with Crippen molar-refractivity contribution in [3.63, 3.8) is 0 Å². The summed E-state index contributed by atoms with van der Waals surface area (Å²) >= 11 is 4.37. The van der Waals surface area contributed by atoms with Gasteiger partial charge in [0.2, 0.25) is 0 Å². The van der Waals surface area contributed by atoms with Gasteiger partial charge in [-0.15, -0.1) is 0 Å². The monoisotopic (exact) mass is 694 g/mol. The third-order valence-electron chi connectivity index (χ3n) is 5.32. The number of methoxy groups -OCH3 is 1. The molecule has 1 aliphatic rings. The van der Waals surface area contributed by atoms with E-state index in [0.29, 0.717) is 29.4 Å². The van der Waals surface area contributed by atoms with Gasteiger partial charge >= 0.3 is 6.03 Å². The van der Waals surface area contributed by atoms with E-state index in [9.17, 15) is 14.4 Å². The van der Waals surface area contributed by atoms with Crippen LogP contribution in [0.2, 0.25) is 0 Å². The molecule has 0 bridgehead atoms. The van der Waals surface area contributed by atoms with Crippen LogP contribution in [0.3, 0.4) is 0 Å². The van der Waals surface area contributed by atoms with Crippen molar-refractivity contribution in [3.05, 3.63) is 90.1 Å². The molecule has 1 heterocycles. The Labute approximate surface area is 229 Å². The first-order valence-electron chi connectivity index (χ1n) is 10.5. The molecule has 4 rings (SSSR count). The summed E-state index contributed by atoms with van der Waals surface area (Å²) in [7, 11) is 1.52. The average molecular weight is 694 g/mol. The molecule has 0 aromatic heterocycles. The maximum atomic E-state index is 13.2. The van der Waals surface area contributed by atoms with E-state index in [1.54, 1.807) is 37.3 Å². The number of carbonyl (C=O) groups is 3. The molecule has 4 amide bonds. The van der Waals surface area contributed by atoms with Gasteiger partial charge in [0.15, 0.2) is 11.5 Å². The van der Waals surface area contributed by atoms with Crippen molar-refractivity contribution < 1.29 is 23.9 Å². The lowest BCUT2D eigenvalue weighted by Gasteiger charge is -2.27. The van der Waals surface area contributed by atoms with Gasteiger partial charge < -0.3 is 9.47 Å². The number of rotatable bonds is 6. The molecule has 9 heteroatoms. The third-order valence-corrected chi connectivity index (χ3v) is 6.84. The lowest BCUT2D eigenvalue weighted by Crippen LogP contribution is -2.54. The standard InChI is InChI=1S/C26H20I2N2O5/c1-15-5-3-4-6-21(15)30-25(32)19(24(31)29-26(30)33)11-17-12-20(28)23(22(13-17)34-2)35-14-16-7-9-18(27)10-8-16/h3-13H,14H2,1-2H3,(H,29,31,33)/b19-11+. The van der Waals surface area contributed by atoms with Crippen LogP contribution < -0.4 is 19.7 Å². The van der Waals surface area contributed by atoms with Gasteiger partial charge in [-0.3, -0.25) is 14.9 Å². The number of carbonyl (C=O) groups excluding carboxylic acids is 3. The van der Waals surface area contributed by atoms with Gasteiger partial charge in [0.1, 0.15) is 12.2 Å². The number of nitrogens with zero attached hydrogens (tertiary/aromatic N) is 1. The molecule has 3 aromatic rings. The zero-order chi connectivity index (χ0) is 25.1. The molecule has 0 radical (unpaired) electrons. The van der Waals surface area contributed by atoms with Gasteiger partial charge in [-0.2, -0.15) is 0 Å². The minimum absolute atomic E-state index is 0.154. The molecular formula is C26H20I2N2O5. The van der Waals surface area contributed by atoms with Crippen molar-refractivity contribution in [1.29, 1.82) is 0 Å².